The summed E-state index contributed by atoms with van der Waals surface area (Å²) < 4.78 is 0. The predicted molar refractivity (Wildman–Crippen MR) is 60.9 cm³/mol. The first kappa shape index (κ1) is 11.9. The second kappa shape index (κ2) is 5.08. The van der Waals surface area contributed by atoms with Gasteiger partial charge < -0.3 is 9.90 Å². The van der Waals surface area contributed by atoms with Crippen molar-refractivity contribution in [2.24, 2.45) is 0 Å². The highest BCUT2D eigenvalue weighted by molar-refractivity contribution is 5.50. The van der Waals surface area contributed by atoms with Gasteiger partial charge in [0.2, 0.25) is 0 Å². The molecule has 1 N–H and O–H groups in total. The molecule has 0 saturated heterocycles. The van der Waals surface area contributed by atoms with Gasteiger partial charge in [0.05, 0.1) is 6.61 Å². The molecule has 82 valence electrons. The Morgan fingerprint density at radius 2 is 2.00 bits per heavy atom. The van der Waals surface area contributed by atoms with Gasteiger partial charge in [0.15, 0.2) is 0 Å². The number of aryl methyl sites for hydroxylation is 1. The highest BCUT2D eigenvalue weighted by Gasteiger charge is 2.21. The highest BCUT2D eigenvalue weighted by atomic mass is 16.3. The van der Waals surface area contributed by atoms with E-state index < -0.39 is 0 Å². The lowest BCUT2D eigenvalue weighted by molar-refractivity contribution is -0.107. The number of rotatable bonds is 5. The van der Waals surface area contributed by atoms with Gasteiger partial charge in [-0.1, -0.05) is 38.1 Å². The van der Waals surface area contributed by atoms with E-state index in [1.54, 1.807) is 0 Å². The topological polar surface area (TPSA) is 37.3 Å². The average molecular weight is 206 g/mol. The molecule has 0 bridgehead atoms. The van der Waals surface area contributed by atoms with Gasteiger partial charge in [-0.15, -0.1) is 0 Å². The maximum Gasteiger partial charge on any atom is 0.120 e. The molecular weight excluding hydrogens is 188 g/mol. The van der Waals surface area contributed by atoms with Crippen molar-refractivity contribution >= 4 is 6.29 Å². The van der Waals surface area contributed by atoms with Crippen molar-refractivity contribution in [3.05, 3.63) is 35.4 Å². The van der Waals surface area contributed by atoms with Crippen LogP contribution in [0.3, 0.4) is 0 Å². The molecule has 0 amide bonds. The van der Waals surface area contributed by atoms with Crippen LogP contribution in [0.15, 0.2) is 24.3 Å². The quantitative estimate of drug-likeness (QED) is 0.749. The molecule has 2 nitrogen and oxygen atoms in total. The lowest BCUT2D eigenvalue weighted by Crippen LogP contribution is -2.23. The lowest BCUT2D eigenvalue weighted by Gasteiger charge is -2.25. The fourth-order valence-electron chi connectivity index (χ4n) is 1.70. The summed E-state index contributed by atoms with van der Waals surface area (Å²) in [5.41, 5.74) is 2.05. The van der Waals surface area contributed by atoms with E-state index in [2.05, 4.69) is 0 Å². The first-order valence-corrected chi connectivity index (χ1v) is 5.24. The summed E-state index contributed by atoms with van der Waals surface area (Å²) >= 11 is 0. The van der Waals surface area contributed by atoms with Gasteiger partial charge >= 0.3 is 0 Å². The summed E-state index contributed by atoms with van der Waals surface area (Å²) in [6, 6.07) is 7.99. The molecule has 0 unspecified atom stereocenters. The molecule has 0 saturated carbocycles. The van der Waals surface area contributed by atoms with E-state index in [-0.39, 0.29) is 12.0 Å². The Balaban J connectivity index is 3.00. The van der Waals surface area contributed by atoms with Crippen molar-refractivity contribution in [2.75, 3.05) is 6.61 Å². The Bertz CT molecular complexity index is 329. The fourth-order valence-corrected chi connectivity index (χ4v) is 1.70. The maximum atomic E-state index is 10.4. The van der Waals surface area contributed by atoms with Gasteiger partial charge in [0.1, 0.15) is 6.29 Å². The van der Waals surface area contributed by atoms with Crippen LogP contribution in [0.5, 0.6) is 0 Å². The molecule has 0 aliphatic carbocycles. The van der Waals surface area contributed by atoms with Gasteiger partial charge in [-0.05, 0) is 17.5 Å². The molecular formula is C13H18O2. The van der Waals surface area contributed by atoms with E-state index in [0.29, 0.717) is 6.42 Å². The van der Waals surface area contributed by atoms with Gasteiger partial charge in [0.25, 0.3) is 0 Å². The molecule has 0 aromatic heterocycles. The van der Waals surface area contributed by atoms with E-state index in [1.807, 2.05) is 38.1 Å². The average Bonchev–Trinajstić information content (AvgIpc) is 2.26. The number of aliphatic hydroxyl groups excluding tert-OH is 1. The number of aldehydes is 1. The molecule has 0 aliphatic heterocycles. The maximum absolute atomic E-state index is 10.4. The summed E-state index contributed by atoms with van der Waals surface area (Å²) in [5.74, 6) is 0. The highest BCUT2D eigenvalue weighted by Crippen LogP contribution is 2.26. The van der Waals surface area contributed by atoms with Crippen molar-refractivity contribution in [3.8, 4) is 0 Å². The Labute approximate surface area is 90.9 Å². The second-order valence-corrected chi connectivity index (χ2v) is 4.40. The first-order valence-electron chi connectivity index (χ1n) is 5.24. The standard InChI is InChI=1S/C13H18O2/c1-13(2,10-15)12-8-4-3-6-11(12)7-5-9-14/h3-4,6,8-9,15H,5,7,10H2,1-2H3. The van der Waals surface area contributed by atoms with Crippen molar-refractivity contribution in [1.82, 2.24) is 0 Å². The number of hydrogen-bond donors (Lipinski definition) is 1. The zero-order chi connectivity index (χ0) is 11.3. The molecule has 0 aliphatic rings. The molecule has 0 spiro atoms. The van der Waals surface area contributed by atoms with Crippen LogP contribution in [0.1, 0.15) is 31.4 Å². The van der Waals surface area contributed by atoms with Crippen LogP contribution in [-0.2, 0) is 16.6 Å². The van der Waals surface area contributed by atoms with Gasteiger partial charge in [-0.3, -0.25) is 0 Å². The summed E-state index contributed by atoms with van der Waals surface area (Å²) in [6.45, 7) is 4.13. The zero-order valence-corrected chi connectivity index (χ0v) is 9.36. The van der Waals surface area contributed by atoms with Crippen LogP contribution in [0.25, 0.3) is 0 Å². The van der Waals surface area contributed by atoms with Crippen molar-refractivity contribution < 1.29 is 9.90 Å². The largest absolute Gasteiger partial charge is 0.395 e. The van der Waals surface area contributed by atoms with E-state index in [0.717, 1.165) is 23.8 Å². The van der Waals surface area contributed by atoms with Crippen LogP contribution in [0.4, 0.5) is 0 Å². The number of carbonyl (C=O) groups excluding carboxylic acids is 1. The van der Waals surface area contributed by atoms with Gasteiger partial charge in [-0.25, -0.2) is 0 Å². The lowest BCUT2D eigenvalue weighted by atomic mass is 9.81. The molecule has 1 aromatic rings. The summed E-state index contributed by atoms with van der Waals surface area (Å²) in [4.78, 5) is 10.4. The van der Waals surface area contributed by atoms with Crippen molar-refractivity contribution in [1.29, 1.82) is 0 Å². The third-order valence-corrected chi connectivity index (χ3v) is 2.67. The fraction of sp³-hybridized carbons (Fsp3) is 0.462. The molecule has 0 fully saturated rings. The van der Waals surface area contributed by atoms with Gasteiger partial charge in [-0.2, -0.15) is 0 Å². The molecule has 0 atom stereocenters. The van der Waals surface area contributed by atoms with Crippen molar-refractivity contribution in [2.45, 2.75) is 32.1 Å². The van der Waals surface area contributed by atoms with Gasteiger partial charge in [0, 0.05) is 11.8 Å². The summed E-state index contributed by atoms with van der Waals surface area (Å²) in [6.07, 6.45) is 2.23. The smallest absolute Gasteiger partial charge is 0.120 e. The summed E-state index contributed by atoms with van der Waals surface area (Å²) in [7, 11) is 0. The predicted octanol–water partition coefficient (Wildman–Crippen LogP) is 2.09. The van der Waals surface area contributed by atoms with Crippen LogP contribution in [0, 0.1) is 0 Å². The Hall–Kier alpha value is -1.15. The first-order chi connectivity index (χ1) is 7.11. The molecule has 0 heterocycles. The second-order valence-electron chi connectivity index (χ2n) is 4.40. The third kappa shape index (κ3) is 2.90. The van der Waals surface area contributed by atoms with E-state index in [1.165, 1.54) is 0 Å². The zero-order valence-electron chi connectivity index (χ0n) is 9.36. The minimum atomic E-state index is -0.237. The molecule has 0 radical (unpaired) electrons. The van der Waals surface area contributed by atoms with E-state index in [9.17, 15) is 9.90 Å². The summed E-state index contributed by atoms with van der Waals surface area (Å²) in [5, 5.41) is 9.33. The van der Waals surface area contributed by atoms with E-state index >= 15 is 0 Å². The Morgan fingerprint density at radius 3 is 2.60 bits per heavy atom. The number of carbonyl (C=O) groups is 1. The number of benzene rings is 1. The normalized spacial score (nSPS) is 11.4. The minimum Gasteiger partial charge on any atom is -0.395 e. The van der Waals surface area contributed by atoms with Crippen LogP contribution < -0.4 is 0 Å². The third-order valence-electron chi connectivity index (χ3n) is 2.67. The molecule has 15 heavy (non-hydrogen) atoms. The monoisotopic (exact) mass is 206 g/mol. The minimum absolute atomic E-state index is 0.116. The van der Waals surface area contributed by atoms with Crippen LogP contribution in [0.2, 0.25) is 0 Å². The Morgan fingerprint density at radius 1 is 1.33 bits per heavy atom. The molecule has 1 aromatic carbocycles. The Kier molecular flexibility index (Phi) is 4.04. The SMILES string of the molecule is CC(C)(CO)c1ccccc1CCC=O. The number of hydrogen-bond acceptors (Lipinski definition) is 2. The molecule has 2 heteroatoms. The number of aliphatic hydroxyl groups is 1. The van der Waals surface area contributed by atoms with Crippen molar-refractivity contribution in [3.63, 3.8) is 0 Å². The van der Waals surface area contributed by atoms with Crippen LogP contribution >= 0.6 is 0 Å². The molecule has 1 rings (SSSR count). The van der Waals surface area contributed by atoms with E-state index in [4.69, 9.17) is 0 Å². The van der Waals surface area contributed by atoms with Crippen LogP contribution in [-0.4, -0.2) is 18.0 Å².